The molecule has 2 aromatic carbocycles. The number of para-hydroxylation sites is 1. The molecule has 3 rings (SSSR count). The third-order valence-electron chi connectivity index (χ3n) is 4.28. The highest BCUT2D eigenvalue weighted by Gasteiger charge is 2.20. The molecule has 1 aromatic heterocycles. The van der Waals surface area contributed by atoms with Crippen LogP contribution >= 0.6 is 11.3 Å². The molecule has 1 heterocycles. The molecule has 1 amide bonds. The number of thiazole rings is 1. The summed E-state index contributed by atoms with van der Waals surface area (Å²) in [5.41, 5.74) is 8.00. The second-order valence-electron chi connectivity index (χ2n) is 6.38. The summed E-state index contributed by atoms with van der Waals surface area (Å²) in [4.78, 5) is 29.1. The van der Waals surface area contributed by atoms with Gasteiger partial charge in [-0.1, -0.05) is 25.1 Å². The van der Waals surface area contributed by atoms with Crippen molar-refractivity contribution in [3.05, 3.63) is 70.0 Å². The van der Waals surface area contributed by atoms with Crippen molar-refractivity contribution in [2.45, 2.75) is 26.3 Å². The summed E-state index contributed by atoms with van der Waals surface area (Å²) in [7, 11) is 0. The Morgan fingerprint density at radius 3 is 2.69 bits per heavy atom. The van der Waals surface area contributed by atoms with Crippen molar-refractivity contribution in [3.8, 4) is 10.6 Å². The average Bonchev–Trinajstić information content (AvgIpc) is 3.13. The number of nitrogens with zero attached hydrogens (tertiary/aromatic N) is 1. The molecular formula is C21H20FN3O3S. The Hall–Kier alpha value is -3.10. The van der Waals surface area contributed by atoms with E-state index in [4.69, 9.17) is 10.8 Å². The summed E-state index contributed by atoms with van der Waals surface area (Å²) in [6.07, 6.45) is 0.376. The summed E-state index contributed by atoms with van der Waals surface area (Å²) in [6, 6.07) is 11.2. The molecule has 29 heavy (non-hydrogen) atoms. The largest absolute Gasteiger partial charge is 0.481 e. The van der Waals surface area contributed by atoms with E-state index in [2.05, 4.69) is 10.3 Å². The van der Waals surface area contributed by atoms with Crippen molar-refractivity contribution >= 4 is 28.9 Å². The number of carbonyl (C=O) groups excluding carboxylic acids is 1. The Labute approximate surface area is 171 Å². The number of carbonyl (C=O) groups is 2. The van der Waals surface area contributed by atoms with Crippen molar-refractivity contribution in [2.75, 3.05) is 5.32 Å². The molecule has 0 atom stereocenters. The first-order valence-corrected chi connectivity index (χ1v) is 9.83. The fourth-order valence-corrected chi connectivity index (χ4v) is 3.91. The molecule has 150 valence electrons. The molecule has 0 aliphatic carbocycles. The van der Waals surface area contributed by atoms with Crippen LogP contribution in [0.3, 0.4) is 0 Å². The summed E-state index contributed by atoms with van der Waals surface area (Å²) < 4.78 is 13.9. The number of anilines is 1. The lowest BCUT2D eigenvalue weighted by Crippen LogP contribution is -2.16. The van der Waals surface area contributed by atoms with Gasteiger partial charge in [0, 0.05) is 22.7 Å². The number of aliphatic carboxylic acids is 1. The maximum atomic E-state index is 13.9. The van der Waals surface area contributed by atoms with Crippen molar-refractivity contribution in [1.82, 2.24) is 4.98 Å². The van der Waals surface area contributed by atoms with Gasteiger partial charge in [0.25, 0.3) is 5.91 Å². The van der Waals surface area contributed by atoms with E-state index in [1.54, 1.807) is 30.3 Å². The number of amides is 1. The minimum Gasteiger partial charge on any atom is -0.481 e. The van der Waals surface area contributed by atoms with Crippen LogP contribution in [0.5, 0.6) is 0 Å². The zero-order valence-electron chi connectivity index (χ0n) is 15.7. The van der Waals surface area contributed by atoms with E-state index in [-0.39, 0.29) is 18.7 Å². The molecule has 0 aliphatic heterocycles. The first kappa shape index (κ1) is 20.6. The second-order valence-corrected chi connectivity index (χ2v) is 7.46. The molecule has 6 nitrogen and oxygen atoms in total. The Balaban J connectivity index is 1.93. The zero-order valence-corrected chi connectivity index (χ0v) is 16.6. The second kappa shape index (κ2) is 8.93. The number of nitrogens with two attached hydrogens (primary N) is 1. The quantitative estimate of drug-likeness (QED) is 0.546. The number of aryl methyl sites for hydroxylation is 1. The molecular weight excluding hydrogens is 393 g/mol. The number of benzene rings is 2. The van der Waals surface area contributed by atoms with E-state index < -0.39 is 17.7 Å². The molecule has 0 unspecified atom stereocenters. The highest BCUT2D eigenvalue weighted by molar-refractivity contribution is 7.15. The van der Waals surface area contributed by atoms with E-state index >= 15 is 0 Å². The normalized spacial score (nSPS) is 10.7. The van der Waals surface area contributed by atoms with Gasteiger partial charge in [0.2, 0.25) is 0 Å². The lowest BCUT2D eigenvalue weighted by molar-refractivity contribution is -0.136. The van der Waals surface area contributed by atoms with Crippen LogP contribution in [0.2, 0.25) is 0 Å². The molecule has 8 heteroatoms. The number of halogens is 1. The van der Waals surface area contributed by atoms with Gasteiger partial charge in [-0.2, -0.15) is 0 Å². The predicted octanol–water partition coefficient (Wildman–Crippen LogP) is 3.85. The summed E-state index contributed by atoms with van der Waals surface area (Å²) >= 11 is 1.32. The summed E-state index contributed by atoms with van der Waals surface area (Å²) in [5.74, 6) is -1.83. The number of aromatic nitrogens is 1. The summed E-state index contributed by atoms with van der Waals surface area (Å²) in [6.45, 7) is 2.10. The highest BCUT2D eigenvalue weighted by Crippen LogP contribution is 2.30. The topological polar surface area (TPSA) is 105 Å². The van der Waals surface area contributed by atoms with Crippen LogP contribution in [-0.2, 0) is 24.2 Å². The third kappa shape index (κ3) is 4.85. The van der Waals surface area contributed by atoms with Gasteiger partial charge in [-0.3, -0.25) is 9.59 Å². The number of carboxylic acid groups (broad SMARTS) is 1. The summed E-state index contributed by atoms with van der Waals surface area (Å²) in [5, 5.41) is 12.3. The number of hydrogen-bond acceptors (Lipinski definition) is 5. The number of carboxylic acids is 1. The minimum atomic E-state index is -0.987. The van der Waals surface area contributed by atoms with Crippen molar-refractivity contribution in [2.24, 2.45) is 5.73 Å². The van der Waals surface area contributed by atoms with E-state index in [1.807, 2.05) is 6.92 Å². The third-order valence-corrected chi connectivity index (χ3v) is 5.53. The molecule has 0 fully saturated rings. The van der Waals surface area contributed by atoms with Crippen molar-refractivity contribution in [1.29, 1.82) is 0 Å². The Morgan fingerprint density at radius 1 is 1.24 bits per heavy atom. The molecule has 0 aliphatic rings. The minimum absolute atomic E-state index is 0.199. The van der Waals surface area contributed by atoms with Gasteiger partial charge in [-0.25, -0.2) is 9.37 Å². The molecule has 0 saturated heterocycles. The molecule has 0 saturated carbocycles. The van der Waals surface area contributed by atoms with Gasteiger partial charge in [-0.15, -0.1) is 11.3 Å². The van der Waals surface area contributed by atoms with Crippen LogP contribution in [0.25, 0.3) is 10.6 Å². The van der Waals surface area contributed by atoms with Gasteiger partial charge >= 0.3 is 5.97 Å². The first-order chi connectivity index (χ1) is 13.9. The lowest BCUT2D eigenvalue weighted by Gasteiger charge is -2.09. The SMILES string of the molecule is CCc1sc(-c2cc(F)cc(CN)c2)nc1C(=O)Nc1ccccc1CC(=O)O. The Bertz CT molecular complexity index is 1070. The number of hydrogen-bond donors (Lipinski definition) is 3. The highest BCUT2D eigenvalue weighted by atomic mass is 32.1. The Morgan fingerprint density at radius 2 is 2.00 bits per heavy atom. The standard InChI is InChI=1S/C21H20FN3O3S/c1-2-17-19(20(28)24-16-6-4-3-5-13(16)10-18(26)27)25-21(29-17)14-7-12(11-23)8-15(22)9-14/h3-9H,2,10-11,23H2,1H3,(H,24,28)(H,26,27). The van der Waals surface area contributed by atoms with Gasteiger partial charge in [0.1, 0.15) is 16.5 Å². The van der Waals surface area contributed by atoms with Gasteiger partial charge < -0.3 is 16.2 Å². The molecule has 4 N–H and O–H groups in total. The van der Waals surface area contributed by atoms with E-state index in [9.17, 15) is 14.0 Å². The lowest BCUT2D eigenvalue weighted by atomic mass is 10.1. The maximum Gasteiger partial charge on any atom is 0.307 e. The van der Waals surface area contributed by atoms with Crippen LogP contribution in [0.1, 0.15) is 33.4 Å². The smallest absolute Gasteiger partial charge is 0.307 e. The van der Waals surface area contributed by atoms with E-state index in [0.717, 1.165) is 4.88 Å². The maximum absolute atomic E-state index is 13.9. The van der Waals surface area contributed by atoms with E-state index in [0.29, 0.717) is 33.8 Å². The van der Waals surface area contributed by atoms with Crippen LogP contribution in [-0.4, -0.2) is 22.0 Å². The predicted molar refractivity (Wildman–Crippen MR) is 111 cm³/mol. The van der Waals surface area contributed by atoms with Crippen LogP contribution in [0, 0.1) is 5.82 Å². The van der Waals surface area contributed by atoms with Gasteiger partial charge in [0.15, 0.2) is 0 Å². The fraction of sp³-hybridized carbons (Fsp3) is 0.190. The number of rotatable bonds is 7. The fourth-order valence-electron chi connectivity index (χ4n) is 2.92. The van der Waals surface area contributed by atoms with Crippen LogP contribution in [0.4, 0.5) is 10.1 Å². The van der Waals surface area contributed by atoms with Crippen molar-refractivity contribution in [3.63, 3.8) is 0 Å². The monoisotopic (exact) mass is 413 g/mol. The Kier molecular flexibility index (Phi) is 6.36. The van der Waals surface area contributed by atoms with Crippen LogP contribution in [0.15, 0.2) is 42.5 Å². The average molecular weight is 413 g/mol. The molecule has 0 radical (unpaired) electrons. The van der Waals surface area contributed by atoms with Crippen molar-refractivity contribution < 1.29 is 19.1 Å². The van der Waals surface area contributed by atoms with Gasteiger partial charge in [-0.05, 0) is 41.8 Å². The molecule has 0 spiro atoms. The van der Waals surface area contributed by atoms with Gasteiger partial charge in [0.05, 0.1) is 6.42 Å². The molecule has 3 aromatic rings. The first-order valence-electron chi connectivity index (χ1n) is 9.02. The van der Waals surface area contributed by atoms with E-state index in [1.165, 1.54) is 23.5 Å². The van der Waals surface area contributed by atoms with Crippen LogP contribution < -0.4 is 11.1 Å². The zero-order chi connectivity index (χ0) is 21.0. The molecule has 0 bridgehead atoms. The number of nitrogens with one attached hydrogen (secondary N) is 1.